The molecule has 3 heteroatoms. The molecule has 1 atom stereocenters. The van der Waals surface area contributed by atoms with E-state index in [1.165, 1.54) is 5.56 Å². The highest BCUT2D eigenvalue weighted by Crippen LogP contribution is 2.25. The zero-order valence-electron chi connectivity index (χ0n) is 14.8. The monoisotopic (exact) mass is 311 g/mol. The molecule has 0 saturated heterocycles. The van der Waals surface area contributed by atoms with Crippen molar-refractivity contribution in [2.75, 3.05) is 5.32 Å². The molecule has 2 rings (SSSR count). The summed E-state index contributed by atoms with van der Waals surface area (Å²) in [6.45, 7) is 11.9. The third kappa shape index (κ3) is 3.92. The minimum absolute atomic E-state index is 0.141. The molecular formula is C20H25NO2. The van der Waals surface area contributed by atoms with Crippen LogP contribution in [0.15, 0.2) is 30.3 Å². The predicted molar refractivity (Wildman–Crippen MR) is 95.3 cm³/mol. The summed E-state index contributed by atoms with van der Waals surface area (Å²) in [5.74, 6) is 0.628. The van der Waals surface area contributed by atoms with Gasteiger partial charge in [-0.2, -0.15) is 0 Å². The Morgan fingerprint density at radius 3 is 2.39 bits per heavy atom. The molecule has 0 aliphatic rings. The van der Waals surface area contributed by atoms with E-state index in [0.29, 0.717) is 0 Å². The zero-order valence-corrected chi connectivity index (χ0v) is 14.8. The number of aryl methyl sites for hydroxylation is 3. The maximum Gasteiger partial charge on any atom is 0.265 e. The van der Waals surface area contributed by atoms with E-state index in [-0.39, 0.29) is 5.91 Å². The highest BCUT2D eigenvalue weighted by molar-refractivity contribution is 5.94. The summed E-state index contributed by atoms with van der Waals surface area (Å²) in [5, 5.41) is 2.96. The topological polar surface area (TPSA) is 38.3 Å². The van der Waals surface area contributed by atoms with Gasteiger partial charge < -0.3 is 10.1 Å². The highest BCUT2D eigenvalue weighted by atomic mass is 16.5. The van der Waals surface area contributed by atoms with Crippen molar-refractivity contribution in [2.45, 2.75) is 47.6 Å². The normalized spacial score (nSPS) is 11.9. The van der Waals surface area contributed by atoms with Crippen molar-refractivity contribution in [1.82, 2.24) is 0 Å². The summed E-state index contributed by atoms with van der Waals surface area (Å²) in [6, 6.07) is 9.98. The summed E-state index contributed by atoms with van der Waals surface area (Å²) in [6.07, 6.45) is -0.560. The van der Waals surface area contributed by atoms with E-state index in [0.717, 1.165) is 33.7 Å². The van der Waals surface area contributed by atoms with Gasteiger partial charge in [0.05, 0.1) is 0 Å². The van der Waals surface area contributed by atoms with Crippen LogP contribution >= 0.6 is 0 Å². The van der Waals surface area contributed by atoms with Gasteiger partial charge in [-0.1, -0.05) is 18.2 Å². The molecule has 2 aromatic carbocycles. The number of benzene rings is 2. The average Bonchev–Trinajstić information content (AvgIpc) is 2.48. The lowest BCUT2D eigenvalue weighted by atomic mass is 10.1. The first-order valence-corrected chi connectivity index (χ1v) is 7.91. The standard InChI is InChI=1S/C20H25NO2/c1-12-10-14(3)16(5)19(11-12)23-17(6)20(22)21-18-9-7-8-13(2)15(18)4/h7-11,17H,1-6H3,(H,21,22)/t17-/m1/s1. The number of anilines is 1. The Balaban J connectivity index is 2.13. The number of rotatable bonds is 4. The fraction of sp³-hybridized carbons (Fsp3) is 0.350. The number of hydrogen-bond acceptors (Lipinski definition) is 2. The van der Waals surface area contributed by atoms with Crippen LogP contribution in [0.1, 0.15) is 34.7 Å². The van der Waals surface area contributed by atoms with Gasteiger partial charge in [-0.25, -0.2) is 0 Å². The predicted octanol–water partition coefficient (Wildman–Crippen LogP) is 4.63. The van der Waals surface area contributed by atoms with Gasteiger partial charge >= 0.3 is 0 Å². The largest absolute Gasteiger partial charge is 0.481 e. The zero-order chi connectivity index (χ0) is 17.1. The summed E-state index contributed by atoms with van der Waals surface area (Å²) in [7, 11) is 0. The molecule has 0 saturated carbocycles. The van der Waals surface area contributed by atoms with Gasteiger partial charge in [-0.3, -0.25) is 4.79 Å². The van der Waals surface area contributed by atoms with Gasteiger partial charge in [0, 0.05) is 5.69 Å². The van der Waals surface area contributed by atoms with Crippen LogP contribution in [0.2, 0.25) is 0 Å². The highest BCUT2D eigenvalue weighted by Gasteiger charge is 2.17. The van der Waals surface area contributed by atoms with Crippen LogP contribution in [0.25, 0.3) is 0 Å². The van der Waals surface area contributed by atoms with Crippen LogP contribution in [0.3, 0.4) is 0 Å². The maximum atomic E-state index is 12.4. The van der Waals surface area contributed by atoms with Crippen molar-refractivity contribution in [3.63, 3.8) is 0 Å². The van der Waals surface area contributed by atoms with E-state index in [4.69, 9.17) is 4.74 Å². The van der Waals surface area contributed by atoms with Gasteiger partial charge in [0.15, 0.2) is 6.10 Å². The minimum Gasteiger partial charge on any atom is -0.481 e. The Hall–Kier alpha value is -2.29. The van der Waals surface area contributed by atoms with Crippen LogP contribution in [0.4, 0.5) is 5.69 Å². The van der Waals surface area contributed by atoms with Gasteiger partial charge in [0.25, 0.3) is 5.91 Å². The number of ether oxygens (including phenoxy) is 1. The molecule has 2 aromatic rings. The molecule has 0 aliphatic carbocycles. The van der Waals surface area contributed by atoms with Crippen LogP contribution in [0, 0.1) is 34.6 Å². The third-order valence-electron chi connectivity index (χ3n) is 4.30. The summed E-state index contributed by atoms with van der Waals surface area (Å²) >= 11 is 0. The second-order valence-electron chi connectivity index (χ2n) is 6.20. The Labute approximate surface area is 138 Å². The quantitative estimate of drug-likeness (QED) is 0.893. The molecule has 0 fully saturated rings. The Kier molecular flexibility index (Phi) is 5.09. The van der Waals surface area contributed by atoms with Crippen molar-refractivity contribution < 1.29 is 9.53 Å². The molecule has 3 nitrogen and oxygen atoms in total. The van der Waals surface area contributed by atoms with E-state index in [9.17, 15) is 4.79 Å². The Morgan fingerprint density at radius 2 is 1.70 bits per heavy atom. The SMILES string of the molecule is Cc1cc(C)c(C)c(O[C@H](C)C(=O)Nc2cccc(C)c2C)c1. The van der Waals surface area contributed by atoms with Crippen LogP contribution < -0.4 is 10.1 Å². The molecule has 23 heavy (non-hydrogen) atoms. The second kappa shape index (κ2) is 6.86. The number of carbonyl (C=O) groups excluding carboxylic acids is 1. The summed E-state index contributed by atoms with van der Waals surface area (Å²) < 4.78 is 5.90. The number of carbonyl (C=O) groups is 1. The molecule has 0 radical (unpaired) electrons. The number of nitrogens with one attached hydrogen (secondary N) is 1. The van der Waals surface area contributed by atoms with Crippen LogP contribution in [-0.2, 0) is 4.79 Å². The first-order valence-electron chi connectivity index (χ1n) is 7.91. The molecule has 1 amide bonds. The Morgan fingerprint density at radius 1 is 1.00 bits per heavy atom. The van der Waals surface area contributed by atoms with Gasteiger partial charge in [-0.05, 0) is 81.5 Å². The van der Waals surface area contributed by atoms with E-state index in [1.54, 1.807) is 6.92 Å². The van der Waals surface area contributed by atoms with E-state index < -0.39 is 6.10 Å². The molecule has 0 unspecified atom stereocenters. The van der Waals surface area contributed by atoms with E-state index in [1.807, 2.05) is 52.0 Å². The lowest BCUT2D eigenvalue weighted by Gasteiger charge is -2.19. The lowest BCUT2D eigenvalue weighted by Crippen LogP contribution is -2.30. The molecular weight excluding hydrogens is 286 g/mol. The number of hydrogen-bond donors (Lipinski definition) is 1. The fourth-order valence-electron chi connectivity index (χ4n) is 2.49. The Bertz CT molecular complexity index is 735. The molecule has 0 heterocycles. The van der Waals surface area contributed by atoms with Crippen molar-refractivity contribution >= 4 is 11.6 Å². The van der Waals surface area contributed by atoms with Crippen LogP contribution in [0.5, 0.6) is 5.75 Å². The van der Waals surface area contributed by atoms with Crippen LogP contribution in [-0.4, -0.2) is 12.0 Å². The molecule has 0 spiro atoms. The van der Waals surface area contributed by atoms with Gasteiger partial charge in [0.1, 0.15) is 5.75 Å². The molecule has 1 N–H and O–H groups in total. The lowest BCUT2D eigenvalue weighted by molar-refractivity contribution is -0.122. The fourth-order valence-corrected chi connectivity index (χ4v) is 2.49. The molecule has 0 aliphatic heterocycles. The van der Waals surface area contributed by atoms with Gasteiger partial charge in [0.2, 0.25) is 0 Å². The minimum atomic E-state index is -0.560. The van der Waals surface area contributed by atoms with Crippen molar-refractivity contribution in [1.29, 1.82) is 0 Å². The molecule has 0 bridgehead atoms. The van der Waals surface area contributed by atoms with E-state index >= 15 is 0 Å². The van der Waals surface area contributed by atoms with Crippen molar-refractivity contribution in [3.05, 3.63) is 58.1 Å². The second-order valence-corrected chi connectivity index (χ2v) is 6.20. The molecule has 0 aromatic heterocycles. The first-order chi connectivity index (χ1) is 10.8. The van der Waals surface area contributed by atoms with E-state index in [2.05, 4.69) is 18.3 Å². The maximum absolute atomic E-state index is 12.4. The van der Waals surface area contributed by atoms with Crippen molar-refractivity contribution in [3.8, 4) is 5.75 Å². The third-order valence-corrected chi connectivity index (χ3v) is 4.30. The summed E-state index contributed by atoms with van der Waals surface area (Å²) in [4.78, 5) is 12.4. The van der Waals surface area contributed by atoms with Crippen molar-refractivity contribution in [2.24, 2.45) is 0 Å². The molecule has 122 valence electrons. The number of amides is 1. The smallest absolute Gasteiger partial charge is 0.265 e. The van der Waals surface area contributed by atoms with Gasteiger partial charge in [-0.15, -0.1) is 0 Å². The average molecular weight is 311 g/mol. The first kappa shape index (κ1) is 17.1. The summed E-state index contributed by atoms with van der Waals surface area (Å²) in [5.41, 5.74) is 6.44.